The van der Waals surface area contributed by atoms with Crippen molar-refractivity contribution in [3.05, 3.63) is 29.8 Å². The maximum atomic E-state index is 11.2. The van der Waals surface area contributed by atoms with Crippen molar-refractivity contribution in [2.45, 2.75) is 13.0 Å². The standard InChI is InChI=1S/C13H15NO3/c1-3-8-14-13(16)9-17-12-6-4-11(5-7-12)10(2)15/h1,4-7,10,15H,8-9H2,2H3,(H,14,16)/t10-/m0/s1. The SMILES string of the molecule is C#CCNC(=O)COc1ccc([C@H](C)O)cc1. The van der Waals surface area contributed by atoms with Crippen molar-refractivity contribution in [1.82, 2.24) is 5.32 Å². The lowest BCUT2D eigenvalue weighted by Gasteiger charge is -2.08. The minimum absolute atomic E-state index is 0.0737. The second-order valence-corrected chi connectivity index (χ2v) is 3.51. The molecule has 0 bridgehead atoms. The van der Waals surface area contributed by atoms with Gasteiger partial charge in [-0.2, -0.15) is 0 Å². The molecule has 1 atom stereocenters. The zero-order valence-electron chi connectivity index (χ0n) is 9.64. The van der Waals surface area contributed by atoms with E-state index in [0.29, 0.717) is 5.75 Å². The van der Waals surface area contributed by atoms with Crippen LogP contribution in [0.15, 0.2) is 24.3 Å². The molecule has 0 aliphatic heterocycles. The van der Waals surface area contributed by atoms with E-state index in [0.717, 1.165) is 5.56 Å². The molecule has 17 heavy (non-hydrogen) atoms. The lowest BCUT2D eigenvalue weighted by atomic mass is 10.1. The zero-order valence-corrected chi connectivity index (χ0v) is 9.64. The summed E-state index contributed by atoms with van der Waals surface area (Å²) in [4.78, 5) is 11.2. The fourth-order valence-corrected chi connectivity index (χ4v) is 1.19. The molecule has 0 aliphatic carbocycles. The molecule has 90 valence electrons. The Balaban J connectivity index is 2.42. The van der Waals surface area contributed by atoms with E-state index in [-0.39, 0.29) is 19.1 Å². The summed E-state index contributed by atoms with van der Waals surface area (Å²) in [5, 5.41) is 11.8. The summed E-state index contributed by atoms with van der Waals surface area (Å²) in [5.41, 5.74) is 0.800. The molecule has 0 heterocycles. The third-order valence-corrected chi connectivity index (χ3v) is 2.12. The molecule has 1 rings (SSSR count). The molecule has 0 saturated heterocycles. The molecule has 4 heteroatoms. The lowest BCUT2D eigenvalue weighted by molar-refractivity contribution is -0.122. The summed E-state index contributed by atoms with van der Waals surface area (Å²) < 4.78 is 5.24. The van der Waals surface area contributed by atoms with Crippen molar-refractivity contribution in [2.75, 3.05) is 13.2 Å². The van der Waals surface area contributed by atoms with Crippen LogP contribution in [0.25, 0.3) is 0 Å². The van der Waals surface area contributed by atoms with Gasteiger partial charge in [-0.1, -0.05) is 18.1 Å². The lowest BCUT2D eigenvalue weighted by Crippen LogP contribution is -2.28. The number of hydrogen-bond acceptors (Lipinski definition) is 3. The predicted molar refractivity (Wildman–Crippen MR) is 64.4 cm³/mol. The first-order chi connectivity index (χ1) is 8.13. The molecule has 0 unspecified atom stereocenters. The van der Waals surface area contributed by atoms with E-state index < -0.39 is 6.10 Å². The van der Waals surface area contributed by atoms with Gasteiger partial charge in [-0.15, -0.1) is 6.42 Å². The normalized spacial score (nSPS) is 11.4. The highest BCUT2D eigenvalue weighted by atomic mass is 16.5. The average molecular weight is 233 g/mol. The summed E-state index contributed by atoms with van der Waals surface area (Å²) in [7, 11) is 0. The molecule has 4 nitrogen and oxygen atoms in total. The van der Waals surface area contributed by atoms with E-state index in [1.165, 1.54) is 0 Å². The number of ether oxygens (including phenoxy) is 1. The van der Waals surface area contributed by atoms with Gasteiger partial charge in [0.15, 0.2) is 6.61 Å². The van der Waals surface area contributed by atoms with Gasteiger partial charge in [0, 0.05) is 0 Å². The first kappa shape index (κ1) is 13.1. The first-order valence-electron chi connectivity index (χ1n) is 5.24. The largest absolute Gasteiger partial charge is 0.484 e. The molecule has 0 spiro atoms. The summed E-state index contributed by atoms with van der Waals surface area (Å²) in [5.74, 6) is 2.61. The average Bonchev–Trinajstić information content (AvgIpc) is 2.34. The fourth-order valence-electron chi connectivity index (χ4n) is 1.19. The maximum absolute atomic E-state index is 11.2. The second kappa shape index (κ2) is 6.56. The van der Waals surface area contributed by atoms with Gasteiger partial charge in [-0.05, 0) is 24.6 Å². The number of carbonyl (C=O) groups excluding carboxylic acids is 1. The Bertz CT molecular complexity index is 404. The third kappa shape index (κ3) is 4.58. The van der Waals surface area contributed by atoms with Crippen molar-refractivity contribution in [3.8, 4) is 18.1 Å². The van der Waals surface area contributed by atoms with Crippen LogP contribution < -0.4 is 10.1 Å². The number of terminal acetylenes is 1. The summed E-state index contributed by atoms with van der Waals surface area (Å²) >= 11 is 0. The van der Waals surface area contributed by atoms with Crippen LogP contribution in [0.5, 0.6) is 5.75 Å². The van der Waals surface area contributed by atoms with E-state index in [2.05, 4.69) is 11.2 Å². The second-order valence-electron chi connectivity index (χ2n) is 3.51. The molecule has 2 N–H and O–H groups in total. The van der Waals surface area contributed by atoms with Gasteiger partial charge in [0.1, 0.15) is 5.75 Å². The van der Waals surface area contributed by atoms with Crippen molar-refractivity contribution in [2.24, 2.45) is 0 Å². The van der Waals surface area contributed by atoms with Crippen LogP contribution >= 0.6 is 0 Å². The topological polar surface area (TPSA) is 58.6 Å². The van der Waals surface area contributed by atoms with Crippen LogP contribution in [-0.2, 0) is 4.79 Å². The van der Waals surface area contributed by atoms with Gasteiger partial charge in [0.25, 0.3) is 5.91 Å². The highest BCUT2D eigenvalue weighted by Crippen LogP contribution is 2.16. The first-order valence-corrected chi connectivity index (χ1v) is 5.24. The van der Waals surface area contributed by atoms with Crippen LogP contribution in [0.3, 0.4) is 0 Å². The highest BCUT2D eigenvalue weighted by molar-refractivity contribution is 5.77. The van der Waals surface area contributed by atoms with E-state index in [1.807, 2.05) is 0 Å². The fraction of sp³-hybridized carbons (Fsp3) is 0.308. The zero-order chi connectivity index (χ0) is 12.7. The minimum atomic E-state index is -0.511. The smallest absolute Gasteiger partial charge is 0.258 e. The van der Waals surface area contributed by atoms with E-state index >= 15 is 0 Å². The van der Waals surface area contributed by atoms with Gasteiger partial charge in [-0.25, -0.2) is 0 Å². The molecule has 0 aromatic heterocycles. The van der Waals surface area contributed by atoms with E-state index in [1.54, 1.807) is 31.2 Å². The van der Waals surface area contributed by atoms with Crippen LogP contribution in [-0.4, -0.2) is 24.2 Å². The number of rotatable bonds is 5. The summed E-state index contributed by atoms with van der Waals surface area (Å²) in [6.45, 7) is 1.81. The molecule has 0 fully saturated rings. The molecule has 1 aromatic carbocycles. The number of hydrogen-bond donors (Lipinski definition) is 2. The van der Waals surface area contributed by atoms with Crippen molar-refractivity contribution in [3.63, 3.8) is 0 Å². The number of nitrogens with one attached hydrogen (secondary N) is 1. The van der Waals surface area contributed by atoms with Crippen LogP contribution in [0.1, 0.15) is 18.6 Å². The molecule has 0 saturated carbocycles. The third-order valence-electron chi connectivity index (χ3n) is 2.12. The van der Waals surface area contributed by atoms with Crippen molar-refractivity contribution < 1.29 is 14.6 Å². The number of aliphatic hydroxyl groups excluding tert-OH is 1. The van der Waals surface area contributed by atoms with Crippen molar-refractivity contribution >= 4 is 5.91 Å². The Hall–Kier alpha value is -1.99. The maximum Gasteiger partial charge on any atom is 0.258 e. The number of aliphatic hydroxyl groups is 1. The molecule has 0 aliphatic rings. The van der Waals surface area contributed by atoms with Crippen LogP contribution in [0.4, 0.5) is 0 Å². The molecule has 0 radical (unpaired) electrons. The Morgan fingerprint density at radius 2 is 2.18 bits per heavy atom. The highest BCUT2D eigenvalue weighted by Gasteiger charge is 2.03. The number of amides is 1. The molecule has 1 aromatic rings. The quantitative estimate of drug-likeness (QED) is 0.742. The van der Waals surface area contributed by atoms with Gasteiger partial charge in [-0.3, -0.25) is 4.79 Å². The predicted octanol–water partition coefficient (Wildman–Crippen LogP) is 0.868. The number of benzene rings is 1. The van der Waals surface area contributed by atoms with E-state index in [9.17, 15) is 9.90 Å². The van der Waals surface area contributed by atoms with Crippen molar-refractivity contribution in [1.29, 1.82) is 0 Å². The Labute approximate surface area is 101 Å². The molecular formula is C13H15NO3. The van der Waals surface area contributed by atoms with Crippen LogP contribution in [0, 0.1) is 12.3 Å². The summed E-state index contributed by atoms with van der Waals surface area (Å²) in [6, 6.07) is 6.91. The number of carbonyl (C=O) groups is 1. The van der Waals surface area contributed by atoms with Gasteiger partial charge in [0.2, 0.25) is 0 Å². The van der Waals surface area contributed by atoms with Crippen LogP contribution in [0.2, 0.25) is 0 Å². The van der Waals surface area contributed by atoms with E-state index in [4.69, 9.17) is 11.2 Å². The van der Waals surface area contributed by atoms with Gasteiger partial charge < -0.3 is 15.2 Å². The Morgan fingerprint density at radius 3 is 2.71 bits per heavy atom. The minimum Gasteiger partial charge on any atom is -0.484 e. The monoisotopic (exact) mass is 233 g/mol. The summed E-state index contributed by atoms with van der Waals surface area (Å²) in [6.07, 6.45) is 4.49. The molecular weight excluding hydrogens is 218 g/mol. The molecule has 1 amide bonds. The van der Waals surface area contributed by atoms with Gasteiger partial charge in [0.05, 0.1) is 12.6 Å². The van der Waals surface area contributed by atoms with Gasteiger partial charge >= 0.3 is 0 Å². The Kier molecular flexibility index (Phi) is 5.05. The Morgan fingerprint density at radius 1 is 1.53 bits per heavy atom.